The zero-order valence-electron chi connectivity index (χ0n) is 5.35. The van der Waals surface area contributed by atoms with Crippen LogP contribution in [0.3, 0.4) is 0 Å². The van der Waals surface area contributed by atoms with Crippen molar-refractivity contribution in [2.24, 2.45) is 0 Å². The van der Waals surface area contributed by atoms with Crippen molar-refractivity contribution in [1.29, 1.82) is 0 Å². The molecule has 2 nitrogen and oxygen atoms in total. The van der Waals surface area contributed by atoms with Gasteiger partial charge in [0.15, 0.2) is 0 Å². The van der Waals surface area contributed by atoms with E-state index < -0.39 is 12.5 Å². The third-order valence-electron chi connectivity index (χ3n) is 1.25. The van der Waals surface area contributed by atoms with Gasteiger partial charge in [-0.15, -0.1) is 12.4 Å². The lowest BCUT2D eigenvalue weighted by Crippen LogP contribution is -2.45. The molecule has 1 atom stereocenters. The van der Waals surface area contributed by atoms with E-state index >= 15 is 0 Å². The molecular weight excluding hydrogens is 164 g/mol. The van der Waals surface area contributed by atoms with Gasteiger partial charge in [-0.05, 0) is 0 Å². The summed E-state index contributed by atoms with van der Waals surface area (Å²) < 4.78 is 28.4. The summed E-state index contributed by atoms with van der Waals surface area (Å²) in [6.45, 7) is 1.22. The molecule has 0 spiro atoms. The standard InChI is InChI=1S/C5H9F2NO.ClH/c6-5(7)4-3-9-2-1-8-4;/h4-5,8H,1-3H2;1H/t4-;/m1./s1. The fourth-order valence-corrected chi connectivity index (χ4v) is 0.748. The highest BCUT2D eigenvalue weighted by Crippen LogP contribution is 2.03. The second kappa shape index (κ2) is 4.82. The number of hydrogen-bond acceptors (Lipinski definition) is 2. The van der Waals surface area contributed by atoms with Crippen LogP contribution in [0.5, 0.6) is 0 Å². The molecule has 0 aliphatic carbocycles. The Kier molecular flexibility index (Phi) is 4.85. The number of morpholine rings is 1. The second-order valence-electron chi connectivity index (χ2n) is 1.97. The molecule has 0 amide bonds. The minimum atomic E-state index is -2.30. The molecule has 1 heterocycles. The van der Waals surface area contributed by atoms with Crippen LogP contribution in [0.4, 0.5) is 8.78 Å². The topological polar surface area (TPSA) is 21.3 Å². The molecule has 0 bridgehead atoms. The quantitative estimate of drug-likeness (QED) is 0.629. The van der Waals surface area contributed by atoms with Crippen LogP contribution in [0.15, 0.2) is 0 Å². The molecule has 0 aromatic rings. The van der Waals surface area contributed by atoms with Gasteiger partial charge in [-0.1, -0.05) is 0 Å². The van der Waals surface area contributed by atoms with Gasteiger partial charge in [0.2, 0.25) is 0 Å². The lowest BCUT2D eigenvalue weighted by Gasteiger charge is -2.22. The molecule has 0 aromatic carbocycles. The van der Waals surface area contributed by atoms with Crippen LogP contribution in [0.1, 0.15) is 0 Å². The summed E-state index contributed by atoms with van der Waals surface area (Å²) >= 11 is 0. The molecule has 0 aromatic heterocycles. The van der Waals surface area contributed by atoms with E-state index in [1.165, 1.54) is 0 Å². The van der Waals surface area contributed by atoms with Crippen LogP contribution < -0.4 is 5.32 Å². The highest BCUT2D eigenvalue weighted by Gasteiger charge is 2.21. The maximum atomic E-state index is 11.8. The van der Waals surface area contributed by atoms with Crippen molar-refractivity contribution >= 4 is 12.4 Å². The van der Waals surface area contributed by atoms with Gasteiger partial charge in [0, 0.05) is 6.54 Å². The van der Waals surface area contributed by atoms with Crippen LogP contribution in [-0.4, -0.2) is 32.2 Å². The Balaban J connectivity index is 0.000000810. The first-order valence-electron chi connectivity index (χ1n) is 2.90. The minimum Gasteiger partial charge on any atom is -0.378 e. The van der Waals surface area contributed by atoms with E-state index in [0.29, 0.717) is 13.2 Å². The largest absolute Gasteiger partial charge is 0.378 e. The highest BCUT2D eigenvalue weighted by molar-refractivity contribution is 5.85. The first kappa shape index (κ1) is 10.1. The van der Waals surface area contributed by atoms with Crippen LogP contribution in [-0.2, 0) is 4.74 Å². The van der Waals surface area contributed by atoms with Crippen molar-refractivity contribution < 1.29 is 13.5 Å². The van der Waals surface area contributed by atoms with E-state index in [-0.39, 0.29) is 19.0 Å². The van der Waals surface area contributed by atoms with Crippen molar-refractivity contribution in [2.45, 2.75) is 12.5 Å². The highest BCUT2D eigenvalue weighted by atomic mass is 35.5. The summed E-state index contributed by atoms with van der Waals surface area (Å²) in [4.78, 5) is 0. The van der Waals surface area contributed by atoms with Gasteiger partial charge in [-0.2, -0.15) is 0 Å². The molecule has 1 fully saturated rings. The fraction of sp³-hybridized carbons (Fsp3) is 1.00. The van der Waals surface area contributed by atoms with Gasteiger partial charge in [0.05, 0.1) is 19.3 Å². The average Bonchev–Trinajstić information content (AvgIpc) is 1.90. The van der Waals surface area contributed by atoms with Gasteiger partial charge < -0.3 is 10.1 Å². The summed E-state index contributed by atoms with van der Waals surface area (Å²) in [5, 5.41) is 2.64. The first-order valence-corrected chi connectivity index (χ1v) is 2.90. The van der Waals surface area contributed by atoms with E-state index in [0.717, 1.165) is 0 Å². The van der Waals surface area contributed by atoms with Crippen molar-refractivity contribution in [3.8, 4) is 0 Å². The first-order chi connectivity index (χ1) is 4.30. The molecular formula is C5H10ClF2NO. The van der Waals surface area contributed by atoms with Gasteiger partial charge in [0.1, 0.15) is 0 Å². The molecule has 10 heavy (non-hydrogen) atoms. The van der Waals surface area contributed by atoms with Crippen LogP contribution in [0, 0.1) is 0 Å². The number of alkyl halides is 2. The minimum absolute atomic E-state index is 0. The summed E-state index contributed by atoms with van der Waals surface area (Å²) in [6.07, 6.45) is -2.30. The molecule has 1 rings (SSSR count). The molecule has 5 heteroatoms. The van der Waals surface area contributed by atoms with E-state index in [4.69, 9.17) is 4.74 Å². The third kappa shape index (κ3) is 2.77. The predicted octanol–water partition coefficient (Wildman–Crippen LogP) is 0.662. The van der Waals surface area contributed by atoms with E-state index in [1.807, 2.05) is 0 Å². The van der Waals surface area contributed by atoms with Crippen LogP contribution in [0.2, 0.25) is 0 Å². The number of ether oxygens (including phenoxy) is 1. The molecule has 62 valence electrons. The number of nitrogens with one attached hydrogen (secondary N) is 1. The normalized spacial score (nSPS) is 26.1. The molecule has 1 aliphatic rings. The summed E-state index contributed by atoms with van der Waals surface area (Å²) in [6, 6.07) is -0.751. The van der Waals surface area contributed by atoms with Gasteiger partial charge in [-0.3, -0.25) is 0 Å². The zero-order valence-corrected chi connectivity index (χ0v) is 6.16. The smallest absolute Gasteiger partial charge is 0.255 e. The van der Waals surface area contributed by atoms with Crippen molar-refractivity contribution in [2.75, 3.05) is 19.8 Å². The monoisotopic (exact) mass is 173 g/mol. The van der Waals surface area contributed by atoms with Crippen molar-refractivity contribution in [1.82, 2.24) is 5.32 Å². The summed E-state index contributed by atoms with van der Waals surface area (Å²) in [7, 11) is 0. The zero-order chi connectivity index (χ0) is 6.69. The Bertz CT molecular complexity index is 87.7. The van der Waals surface area contributed by atoms with Gasteiger partial charge >= 0.3 is 0 Å². The Hall–Kier alpha value is 0.0700. The van der Waals surface area contributed by atoms with Gasteiger partial charge in [0.25, 0.3) is 6.43 Å². The maximum absolute atomic E-state index is 11.8. The van der Waals surface area contributed by atoms with Crippen LogP contribution >= 0.6 is 12.4 Å². The Morgan fingerprint density at radius 1 is 1.50 bits per heavy atom. The van der Waals surface area contributed by atoms with E-state index in [1.54, 1.807) is 0 Å². The Morgan fingerprint density at radius 3 is 2.50 bits per heavy atom. The number of rotatable bonds is 1. The van der Waals surface area contributed by atoms with E-state index in [9.17, 15) is 8.78 Å². The lowest BCUT2D eigenvalue weighted by atomic mass is 10.3. The fourth-order valence-electron chi connectivity index (χ4n) is 0.748. The molecule has 1 saturated heterocycles. The maximum Gasteiger partial charge on any atom is 0.255 e. The molecule has 0 unspecified atom stereocenters. The number of halogens is 3. The molecule has 1 aliphatic heterocycles. The van der Waals surface area contributed by atoms with Crippen molar-refractivity contribution in [3.63, 3.8) is 0 Å². The van der Waals surface area contributed by atoms with Crippen LogP contribution in [0.25, 0.3) is 0 Å². The second-order valence-corrected chi connectivity index (χ2v) is 1.97. The third-order valence-corrected chi connectivity index (χ3v) is 1.25. The summed E-state index contributed by atoms with van der Waals surface area (Å²) in [5.41, 5.74) is 0. The van der Waals surface area contributed by atoms with E-state index in [2.05, 4.69) is 5.32 Å². The Morgan fingerprint density at radius 2 is 2.20 bits per heavy atom. The predicted molar refractivity (Wildman–Crippen MR) is 35.9 cm³/mol. The molecule has 0 saturated carbocycles. The summed E-state index contributed by atoms with van der Waals surface area (Å²) in [5.74, 6) is 0. The average molecular weight is 174 g/mol. The molecule has 0 radical (unpaired) electrons. The SMILES string of the molecule is Cl.FC(F)[C@H]1COCCN1. The number of hydrogen-bond donors (Lipinski definition) is 1. The lowest BCUT2D eigenvalue weighted by molar-refractivity contribution is 0.00349. The molecule has 1 N–H and O–H groups in total. The Labute approximate surface area is 64.3 Å². The van der Waals surface area contributed by atoms with Crippen molar-refractivity contribution in [3.05, 3.63) is 0 Å². The van der Waals surface area contributed by atoms with Gasteiger partial charge in [-0.25, -0.2) is 8.78 Å².